The van der Waals surface area contributed by atoms with E-state index in [1.165, 1.54) is 25.3 Å². The summed E-state index contributed by atoms with van der Waals surface area (Å²) in [6, 6.07) is 8.82. The molecule has 2 aromatic carbocycles. The fraction of sp³-hybridized carbons (Fsp3) is 0.0714. The van der Waals surface area contributed by atoms with Crippen molar-refractivity contribution in [2.45, 2.75) is 0 Å². The Morgan fingerprint density at radius 2 is 2.00 bits per heavy atom. The van der Waals surface area contributed by atoms with E-state index in [0.717, 1.165) is 0 Å². The lowest BCUT2D eigenvalue weighted by Crippen LogP contribution is -2.12. The second-order valence-corrected chi connectivity index (χ2v) is 4.62. The number of nitro benzene ring substituents is 1. The Kier molecular flexibility index (Phi) is 3.59. The van der Waals surface area contributed by atoms with Crippen molar-refractivity contribution in [1.82, 2.24) is 15.4 Å². The van der Waals surface area contributed by atoms with E-state index in [2.05, 4.69) is 20.7 Å². The first kappa shape index (κ1) is 14.4. The van der Waals surface area contributed by atoms with E-state index in [-0.39, 0.29) is 17.3 Å². The maximum absolute atomic E-state index is 12.3. The second kappa shape index (κ2) is 5.72. The number of anilines is 1. The molecule has 0 saturated heterocycles. The van der Waals surface area contributed by atoms with Crippen LogP contribution in [0.25, 0.3) is 11.0 Å². The molecule has 2 N–H and O–H groups in total. The summed E-state index contributed by atoms with van der Waals surface area (Å²) in [7, 11) is 1.37. The number of nitro groups is 1. The summed E-state index contributed by atoms with van der Waals surface area (Å²) in [4.78, 5) is 22.5. The number of hydrogen-bond acceptors (Lipinski definition) is 6. The van der Waals surface area contributed by atoms with Gasteiger partial charge in [-0.15, -0.1) is 0 Å². The zero-order valence-corrected chi connectivity index (χ0v) is 11.9. The van der Waals surface area contributed by atoms with Crippen molar-refractivity contribution in [3.63, 3.8) is 0 Å². The Bertz CT molecular complexity index is 905. The van der Waals surface area contributed by atoms with Gasteiger partial charge in [0.2, 0.25) is 0 Å². The molecule has 3 rings (SSSR count). The number of nitrogens with one attached hydrogen (secondary N) is 2. The molecule has 1 heterocycles. The third kappa shape index (κ3) is 2.79. The number of carbonyl (C=O) groups is 1. The van der Waals surface area contributed by atoms with Gasteiger partial charge in [0.15, 0.2) is 0 Å². The van der Waals surface area contributed by atoms with Gasteiger partial charge in [-0.25, -0.2) is 0 Å². The molecule has 0 aliphatic heterocycles. The van der Waals surface area contributed by atoms with E-state index in [0.29, 0.717) is 22.3 Å². The molecule has 0 bridgehead atoms. The lowest BCUT2D eigenvalue weighted by atomic mass is 10.1. The Labute approximate surface area is 129 Å². The quantitative estimate of drug-likeness (QED) is 0.562. The highest BCUT2D eigenvalue weighted by Gasteiger charge is 2.15. The smallest absolute Gasteiger partial charge is 0.273 e. The van der Waals surface area contributed by atoms with E-state index in [1.807, 2.05) is 0 Å². The third-order valence-electron chi connectivity index (χ3n) is 3.22. The van der Waals surface area contributed by atoms with E-state index < -0.39 is 4.92 Å². The van der Waals surface area contributed by atoms with Gasteiger partial charge in [0.1, 0.15) is 16.8 Å². The summed E-state index contributed by atoms with van der Waals surface area (Å²) < 4.78 is 5.08. The molecule has 1 amide bonds. The van der Waals surface area contributed by atoms with Crippen LogP contribution < -0.4 is 10.1 Å². The summed E-state index contributed by atoms with van der Waals surface area (Å²) in [5.74, 6) is -0.183. The van der Waals surface area contributed by atoms with Gasteiger partial charge in [0, 0.05) is 11.6 Å². The number of H-pyrrole nitrogens is 1. The van der Waals surface area contributed by atoms with E-state index in [9.17, 15) is 14.9 Å². The molecule has 0 aliphatic rings. The normalized spacial score (nSPS) is 10.5. The summed E-state index contributed by atoms with van der Waals surface area (Å²) in [5, 5.41) is 23.7. The number of ether oxygens (including phenoxy) is 1. The molecule has 0 saturated carbocycles. The van der Waals surface area contributed by atoms with Gasteiger partial charge in [-0.3, -0.25) is 14.9 Å². The third-order valence-corrected chi connectivity index (χ3v) is 3.22. The van der Waals surface area contributed by atoms with Gasteiger partial charge in [-0.2, -0.15) is 15.4 Å². The van der Waals surface area contributed by atoms with Crippen LogP contribution in [0.1, 0.15) is 10.4 Å². The molecule has 0 radical (unpaired) electrons. The van der Waals surface area contributed by atoms with E-state index in [4.69, 9.17) is 4.74 Å². The molecule has 0 atom stereocenters. The number of aromatic amines is 1. The number of fused-ring (bicyclic) bond motifs is 1. The van der Waals surface area contributed by atoms with Crippen LogP contribution in [0.2, 0.25) is 0 Å². The molecule has 3 aromatic rings. The van der Waals surface area contributed by atoms with E-state index >= 15 is 0 Å². The highest BCUT2D eigenvalue weighted by atomic mass is 16.6. The van der Waals surface area contributed by atoms with E-state index in [1.54, 1.807) is 18.2 Å². The Morgan fingerprint density at radius 3 is 2.74 bits per heavy atom. The molecule has 0 fully saturated rings. The van der Waals surface area contributed by atoms with Crippen molar-refractivity contribution < 1.29 is 14.5 Å². The fourth-order valence-electron chi connectivity index (χ4n) is 2.07. The lowest BCUT2D eigenvalue weighted by Gasteiger charge is -2.10. The van der Waals surface area contributed by atoms with Crippen LogP contribution in [0.5, 0.6) is 5.75 Å². The van der Waals surface area contributed by atoms with Crippen molar-refractivity contribution in [2.24, 2.45) is 0 Å². The second-order valence-electron chi connectivity index (χ2n) is 4.62. The summed E-state index contributed by atoms with van der Waals surface area (Å²) in [6.45, 7) is 0. The average molecular weight is 313 g/mol. The summed E-state index contributed by atoms with van der Waals surface area (Å²) >= 11 is 0. The van der Waals surface area contributed by atoms with Crippen LogP contribution in [-0.2, 0) is 0 Å². The minimum Gasteiger partial charge on any atom is -0.494 e. The zero-order valence-electron chi connectivity index (χ0n) is 11.9. The zero-order chi connectivity index (χ0) is 16.4. The first-order chi connectivity index (χ1) is 11.1. The molecule has 1 aromatic heterocycles. The molecule has 23 heavy (non-hydrogen) atoms. The molecule has 116 valence electrons. The van der Waals surface area contributed by atoms with Gasteiger partial charge in [-0.05, 0) is 24.3 Å². The number of aromatic nitrogens is 3. The minimum absolute atomic E-state index is 0.121. The van der Waals surface area contributed by atoms with Crippen molar-refractivity contribution in [3.8, 4) is 5.75 Å². The summed E-state index contributed by atoms with van der Waals surface area (Å²) in [6.07, 6.45) is 0. The highest BCUT2D eigenvalue weighted by molar-refractivity contribution is 6.06. The van der Waals surface area contributed by atoms with Crippen LogP contribution in [0.3, 0.4) is 0 Å². The predicted octanol–water partition coefficient (Wildman–Crippen LogP) is 2.13. The van der Waals surface area contributed by atoms with Gasteiger partial charge >= 0.3 is 0 Å². The molecule has 9 nitrogen and oxygen atoms in total. The lowest BCUT2D eigenvalue weighted by molar-refractivity contribution is -0.384. The number of non-ortho nitro benzene ring substituents is 1. The molecule has 9 heteroatoms. The topological polar surface area (TPSA) is 123 Å². The van der Waals surface area contributed by atoms with Crippen LogP contribution in [0, 0.1) is 10.1 Å². The monoisotopic (exact) mass is 313 g/mol. The Hall–Kier alpha value is -3.49. The van der Waals surface area contributed by atoms with Crippen molar-refractivity contribution in [2.75, 3.05) is 12.4 Å². The van der Waals surface area contributed by atoms with Crippen LogP contribution in [0.4, 0.5) is 11.4 Å². The fourth-order valence-corrected chi connectivity index (χ4v) is 2.07. The molecular formula is C14H11N5O4. The predicted molar refractivity (Wildman–Crippen MR) is 81.5 cm³/mol. The SMILES string of the molecule is COc1cc([N+](=O)[O-])ccc1NC(=O)c1ccc2n[nH]nc2c1. The molecular weight excluding hydrogens is 302 g/mol. The number of hydrogen-bond donors (Lipinski definition) is 2. The molecule has 0 unspecified atom stereocenters. The first-order valence-electron chi connectivity index (χ1n) is 6.53. The Balaban J connectivity index is 1.88. The highest BCUT2D eigenvalue weighted by Crippen LogP contribution is 2.29. The van der Waals surface area contributed by atoms with Gasteiger partial charge < -0.3 is 10.1 Å². The van der Waals surface area contributed by atoms with Gasteiger partial charge in [-0.1, -0.05) is 0 Å². The standard InChI is InChI=1S/C14H11N5O4/c1-23-13-7-9(19(21)22)3-5-11(13)15-14(20)8-2-4-10-12(6-8)17-18-16-10/h2-7H,1H3,(H,15,20)(H,16,17,18). The molecule has 0 aliphatic carbocycles. The summed E-state index contributed by atoms with van der Waals surface area (Å²) in [5.41, 5.74) is 1.81. The minimum atomic E-state index is -0.535. The number of amides is 1. The van der Waals surface area contributed by atoms with Crippen LogP contribution in [-0.4, -0.2) is 33.4 Å². The first-order valence-corrected chi connectivity index (χ1v) is 6.53. The van der Waals surface area contributed by atoms with Gasteiger partial charge in [0.25, 0.3) is 11.6 Å². The number of carbonyl (C=O) groups excluding carboxylic acids is 1. The Morgan fingerprint density at radius 1 is 1.22 bits per heavy atom. The number of benzene rings is 2. The maximum Gasteiger partial charge on any atom is 0.273 e. The number of methoxy groups -OCH3 is 1. The largest absolute Gasteiger partial charge is 0.494 e. The van der Waals surface area contributed by atoms with Crippen molar-refractivity contribution in [3.05, 3.63) is 52.1 Å². The average Bonchev–Trinajstić information content (AvgIpc) is 3.02. The van der Waals surface area contributed by atoms with Crippen LogP contribution in [0.15, 0.2) is 36.4 Å². The van der Waals surface area contributed by atoms with Crippen molar-refractivity contribution >= 4 is 28.3 Å². The van der Waals surface area contributed by atoms with Gasteiger partial charge in [0.05, 0.1) is 23.8 Å². The van der Waals surface area contributed by atoms with Crippen molar-refractivity contribution in [1.29, 1.82) is 0 Å². The maximum atomic E-state index is 12.3. The molecule has 0 spiro atoms. The number of rotatable bonds is 4. The van der Waals surface area contributed by atoms with Crippen LogP contribution >= 0.6 is 0 Å². The number of nitrogens with zero attached hydrogens (tertiary/aromatic N) is 3.